The molecule has 0 aliphatic rings. The van der Waals surface area contributed by atoms with E-state index in [-0.39, 0.29) is 10.7 Å². The number of hydrogen-bond donors (Lipinski definition) is 1. The van der Waals surface area contributed by atoms with E-state index in [0.29, 0.717) is 29.5 Å². The minimum absolute atomic E-state index is 0.209. The Bertz CT molecular complexity index is 1110. The summed E-state index contributed by atoms with van der Waals surface area (Å²) in [5, 5.41) is 4.43. The Morgan fingerprint density at radius 1 is 1.14 bits per heavy atom. The van der Waals surface area contributed by atoms with Crippen LogP contribution in [0.5, 0.6) is 0 Å². The number of benzene rings is 2. The van der Waals surface area contributed by atoms with Crippen molar-refractivity contribution in [3.63, 3.8) is 0 Å². The molecule has 2 aromatic carbocycles. The number of aromatic nitrogens is 2. The largest absolute Gasteiger partial charge is 0.276 e. The van der Waals surface area contributed by atoms with Gasteiger partial charge < -0.3 is 0 Å². The third-order valence-electron chi connectivity index (χ3n) is 5.21. The van der Waals surface area contributed by atoms with E-state index in [0.717, 1.165) is 17.5 Å². The smallest absolute Gasteiger partial charge is 0.262 e. The molecule has 154 valence electrons. The third kappa shape index (κ3) is 4.67. The molecule has 1 aromatic heterocycles. The van der Waals surface area contributed by atoms with E-state index in [4.69, 9.17) is 0 Å². The fraction of sp³-hybridized carbons (Fsp3) is 0.318. The van der Waals surface area contributed by atoms with Crippen molar-refractivity contribution in [2.45, 2.75) is 51.5 Å². The van der Waals surface area contributed by atoms with Crippen molar-refractivity contribution >= 4 is 15.7 Å². The minimum atomic E-state index is -3.74. The third-order valence-corrected chi connectivity index (χ3v) is 6.58. The van der Waals surface area contributed by atoms with Crippen LogP contribution in [0.15, 0.2) is 53.4 Å². The second-order valence-electron chi connectivity index (χ2n) is 7.32. The second-order valence-corrected chi connectivity index (χ2v) is 9.00. The highest BCUT2D eigenvalue weighted by molar-refractivity contribution is 7.92. The Labute approximate surface area is 171 Å². The molecule has 0 saturated heterocycles. The number of rotatable bonds is 7. The lowest BCUT2D eigenvalue weighted by Crippen LogP contribution is -2.14. The van der Waals surface area contributed by atoms with Gasteiger partial charge in [0.2, 0.25) is 0 Å². The number of nitrogens with one attached hydrogen (secondary N) is 1. The molecule has 1 heterocycles. The molecular weight excluding hydrogens is 389 g/mol. The van der Waals surface area contributed by atoms with Crippen LogP contribution in [0.3, 0.4) is 0 Å². The van der Waals surface area contributed by atoms with Crippen LogP contribution in [-0.4, -0.2) is 18.2 Å². The van der Waals surface area contributed by atoms with Crippen molar-refractivity contribution < 1.29 is 12.8 Å². The van der Waals surface area contributed by atoms with Crippen molar-refractivity contribution in [1.29, 1.82) is 0 Å². The molecule has 5 nitrogen and oxygen atoms in total. The molecule has 0 radical (unpaired) electrons. The van der Waals surface area contributed by atoms with Gasteiger partial charge in [-0.1, -0.05) is 38.1 Å². The predicted octanol–water partition coefficient (Wildman–Crippen LogP) is 5.00. The van der Waals surface area contributed by atoms with Crippen LogP contribution in [0, 0.1) is 19.7 Å². The number of halogens is 1. The fourth-order valence-corrected chi connectivity index (χ4v) is 4.39. The Hall–Kier alpha value is -2.67. The summed E-state index contributed by atoms with van der Waals surface area (Å²) >= 11 is 0. The molecular formula is C22H26FN3O2S. The first kappa shape index (κ1) is 21.0. The topological polar surface area (TPSA) is 64.0 Å². The zero-order valence-electron chi connectivity index (χ0n) is 17.1. The summed E-state index contributed by atoms with van der Waals surface area (Å²) in [6.07, 6.45) is 0.993. The highest BCUT2D eigenvalue weighted by Gasteiger charge is 2.20. The van der Waals surface area contributed by atoms with Crippen LogP contribution in [-0.2, 0) is 16.6 Å². The summed E-state index contributed by atoms with van der Waals surface area (Å²) in [5.41, 5.74) is 3.56. The minimum Gasteiger partial charge on any atom is -0.276 e. The molecule has 1 unspecified atom stereocenters. The van der Waals surface area contributed by atoms with E-state index < -0.39 is 10.0 Å². The van der Waals surface area contributed by atoms with Crippen molar-refractivity contribution in [3.8, 4) is 0 Å². The highest BCUT2D eigenvalue weighted by atomic mass is 32.2. The lowest BCUT2D eigenvalue weighted by Gasteiger charge is -2.12. The average Bonchev–Trinajstić information content (AvgIpc) is 2.94. The van der Waals surface area contributed by atoms with Gasteiger partial charge in [-0.3, -0.25) is 9.40 Å². The summed E-state index contributed by atoms with van der Waals surface area (Å²) in [6, 6.07) is 13.3. The maximum Gasteiger partial charge on any atom is 0.262 e. The zero-order valence-corrected chi connectivity index (χ0v) is 17.9. The molecule has 0 amide bonds. The van der Waals surface area contributed by atoms with Gasteiger partial charge in [-0.2, -0.15) is 5.10 Å². The lowest BCUT2D eigenvalue weighted by atomic mass is 9.99. The van der Waals surface area contributed by atoms with Crippen LogP contribution in [0.2, 0.25) is 0 Å². The molecule has 3 rings (SSSR count). The van der Waals surface area contributed by atoms with Gasteiger partial charge in [0.05, 0.1) is 28.5 Å². The first-order chi connectivity index (χ1) is 13.7. The van der Waals surface area contributed by atoms with Crippen LogP contribution >= 0.6 is 0 Å². The number of hydrogen-bond acceptors (Lipinski definition) is 3. The highest BCUT2D eigenvalue weighted by Crippen LogP contribution is 2.25. The van der Waals surface area contributed by atoms with Crippen molar-refractivity contribution in [1.82, 2.24) is 9.78 Å². The van der Waals surface area contributed by atoms with Crippen molar-refractivity contribution in [2.24, 2.45) is 0 Å². The Balaban J connectivity index is 1.85. The standard InChI is InChI=1S/C22H26FN3O2S/c1-5-15(2)19-9-11-21(12-10-19)29(27,28)25-22-16(3)24-26(17(22)4)14-18-7-6-8-20(23)13-18/h6-13,15,25H,5,14H2,1-4H3. The summed E-state index contributed by atoms with van der Waals surface area (Å²) in [4.78, 5) is 0.209. The fourth-order valence-electron chi connectivity index (χ4n) is 3.21. The monoisotopic (exact) mass is 415 g/mol. The van der Waals surface area contributed by atoms with Crippen molar-refractivity contribution in [2.75, 3.05) is 4.72 Å². The molecule has 0 aliphatic carbocycles. The van der Waals surface area contributed by atoms with Crippen LogP contribution in [0.25, 0.3) is 0 Å². The predicted molar refractivity (Wildman–Crippen MR) is 113 cm³/mol. The van der Waals surface area contributed by atoms with E-state index in [1.165, 1.54) is 12.1 Å². The Kier molecular flexibility index (Phi) is 6.07. The van der Waals surface area contributed by atoms with E-state index in [1.807, 2.05) is 18.2 Å². The van der Waals surface area contributed by atoms with Gasteiger partial charge in [-0.25, -0.2) is 12.8 Å². The number of nitrogens with zero attached hydrogens (tertiary/aromatic N) is 2. The maximum atomic E-state index is 13.4. The normalized spacial score (nSPS) is 12.7. The van der Waals surface area contributed by atoms with E-state index in [1.54, 1.807) is 36.7 Å². The molecule has 0 fully saturated rings. The Morgan fingerprint density at radius 2 is 1.83 bits per heavy atom. The number of sulfonamides is 1. The van der Waals surface area contributed by atoms with Gasteiger partial charge in [0.25, 0.3) is 10.0 Å². The molecule has 0 bridgehead atoms. The summed E-state index contributed by atoms with van der Waals surface area (Å²) in [5.74, 6) is 0.0658. The van der Waals surface area contributed by atoms with Gasteiger partial charge in [0.15, 0.2) is 0 Å². The molecule has 0 aliphatic heterocycles. The van der Waals surface area contributed by atoms with Gasteiger partial charge in [0, 0.05) is 0 Å². The van der Waals surface area contributed by atoms with E-state index in [2.05, 4.69) is 23.7 Å². The summed E-state index contributed by atoms with van der Waals surface area (Å²) in [6.45, 7) is 8.11. The number of aryl methyl sites for hydroxylation is 1. The summed E-state index contributed by atoms with van der Waals surface area (Å²) in [7, 11) is -3.74. The summed E-state index contributed by atoms with van der Waals surface area (Å²) < 4.78 is 43.5. The van der Waals surface area contributed by atoms with E-state index >= 15 is 0 Å². The zero-order chi connectivity index (χ0) is 21.2. The first-order valence-corrected chi connectivity index (χ1v) is 11.1. The van der Waals surface area contributed by atoms with E-state index in [9.17, 15) is 12.8 Å². The molecule has 0 saturated carbocycles. The molecule has 3 aromatic rings. The van der Waals surface area contributed by atoms with Crippen LogP contribution in [0.1, 0.15) is 48.7 Å². The SMILES string of the molecule is CCC(C)c1ccc(S(=O)(=O)Nc2c(C)nn(Cc3cccc(F)c3)c2C)cc1. The van der Waals surface area contributed by atoms with Gasteiger partial charge in [-0.15, -0.1) is 0 Å². The van der Waals surface area contributed by atoms with Crippen LogP contribution < -0.4 is 4.72 Å². The van der Waals surface area contributed by atoms with Gasteiger partial charge >= 0.3 is 0 Å². The second kappa shape index (κ2) is 8.37. The Morgan fingerprint density at radius 3 is 2.45 bits per heavy atom. The molecule has 0 spiro atoms. The maximum absolute atomic E-state index is 13.4. The molecule has 1 atom stereocenters. The number of anilines is 1. The molecule has 29 heavy (non-hydrogen) atoms. The lowest BCUT2D eigenvalue weighted by molar-refractivity contribution is 0.601. The average molecular weight is 416 g/mol. The molecule has 1 N–H and O–H groups in total. The van der Waals surface area contributed by atoms with Gasteiger partial charge in [0.1, 0.15) is 5.82 Å². The quantitative estimate of drug-likeness (QED) is 0.590. The first-order valence-electron chi connectivity index (χ1n) is 9.62. The van der Waals surface area contributed by atoms with Gasteiger partial charge in [-0.05, 0) is 61.6 Å². The van der Waals surface area contributed by atoms with Crippen molar-refractivity contribution in [3.05, 3.63) is 76.9 Å². The molecule has 7 heteroatoms. The van der Waals surface area contributed by atoms with Crippen LogP contribution in [0.4, 0.5) is 10.1 Å².